The predicted octanol–water partition coefficient (Wildman–Crippen LogP) is 4.98. The molecule has 1 N–H and O–H groups in total. The molecule has 1 aromatic carbocycles. The largest absolute Gasteiger partial charge is 0.493 e. The Hall–Kier alpha value is -0.360. The summed E-state index contributed by atoms with van der Waals surface area (Å²) in [4.78, 5) is 1.28. The van der Waals surface area contributed by atoms with Gasteiger partial charge in [0.2, 0.25) is 0 Å². The standard InChI is InChI=1S/C14H15Br2NOS/c1-3-18-12-5-4-9(8-11(12)16)13(17-2)14-10(15)6-7-19-14/h4-8,13,17H,3H2,1-2H3. The third-order valence-electron chi connectivity index (χ3n) is 2.78. The molecule has 19 heavy (non-hydrogen) atoms. The van der Waals surface area contributed by atoms with Gasteiger partial charge in [-0.25, -0.2) is 0 Å². The van der Waals surface area contributed by atoms with Gasteiger partial charge in [0, 0.05) is 9.35 Å². The van der Waals surface area contributed by atoms with Crippen molar-refractivity contribution in [1.29, 1.82) is 0 Å². The molecule has 1 atom stereocenters. The van der Waals surface area contributed by atoms with E-state index >= 15 is 0 Å². The molecule has 0 aliphatic heterocycles. The molecule has 2 nitrogen and oxygen atoms in total. The van der Waals surface area contributed by atoms with Gasteiger partial charge >= 0.3 is 0 Å². The van der Waals surface area contributed by atoms with Crippen LogP contribution in [0.25, 0.3) is 0 Å². The van der Waals surface area contributed by atoms with Gasteiger partial charge in [-0.1, -0.05) is 6.07 Å². The van der Waals surface area contributed by atoms with Crippen LogP contribution in [0.4, 0.5) is 0 Å². The summed E-state index contributed by atoms with van der Waals surface area (Å²) >= 11 is 8.90. The Morgan fingerprint density at radius 2 is 2.05 bits per heavy atom. The SMILES string of the molecule is CCOc1ccc(C(NC)c2sccc2Br)cc1Br. The predicted molar refractivity (Wildman–Crippen MR) is 88.2 cm³/mol. The first kappa shape index (κ1) is 15.0. The Bertz CT molecular complexity index is 556. The summed E-state index contributed by atoms with van der Waals surface area (Å²) in [5.74, 6) is 0.881. The van der Waals surface area contributed by atoms with Crippen molar-refractivity contribution in [2.75, 3.05) is 13.7 Å². The summed E-state index contributed by atoms with van der Waals surface area (Å²) in [7, 11) is 1.97. The number of hydrogen-bond donors (Lipinski definition) is 1. The monoisotopic (exact) mass is 403 g/mol. The van der Waals surface area contributed by atoms with E-state index < -0.39 is 0 Å². The Morgan fingerprint density at radius 3 is 2.58 bits per heavy atom. The lowest BCUT2D eigenvalue weighted by Gasteiger charge is -2.17. The Labute approximate surface area is 134 Å². The number of benzene rings is 1. The van der Waals surface area contributed by atoms with Crippen molar-refractivity contribution in [3.05, 3.63) is 49.0 Å². The van der Waals surface area contributed by atoms with Crippen LogP contribution in [0.1, 0.15) is 23.4 Å². The molecule has 0 bridgehead atoms. The zero-order valence-corrected chi connectivity index (χ0v) is 14.7. The maximum absolute atomic E-state index is 5.55. The minimum absolute atomic E-state index is 0.182. The minimum Gasteiger partial charge on any atom is -0.493 e. The van der Waals surface area contributed by atoms with E-state index in [1.54, 1.807) is 11.3 Å². The van der Waals surface area contributed by atoms with Gasteiger partial charge in [0.25, 0.3) is 0 Å². The maximum atomic E-state index is 5.55. The van der Waals surface area contributed by atoms with Crippen molar-refractivity contribution in [3.63, 3.8) is 0 Å². The van der Waals surface area contributed by atoms with Crippen molar-refractivity contribution < 1.29 is 4.74 Å². The molecule has 0 radical (unpaired) electrons. The van der Waals surface area contributed by atoms with E-state index in [-0.39, 0.29) is 6.04 Å². The van der Waals surface area contributed by atoms with Gasteiger partial charge in [-0.3, -0.25) is 0 Å². The molecule has 5 heteroatoms. The molecular formula is C14H15Br2NOS. The van der Waals surface area contributed by atoms with Crippen molar-refractivity contribution in [1.82, 2.24) is 5.32 Å². The summed E-state index contributed by atoms with van der Waals surface area (Å²) in [6.45, 7) is 2.66. The maximum Gasteiger partial charge on any atom is 0.133 e. The van der Waals surface area contributed by atoms with Crippen LogP contribution in [0.3, 0.4) is 0 Å². The summed E-state index contributed by atoms with van der Waals surface area (Å²) in [6.07, 6.45) is 0. The fourth-order valence-corrected chi connectivity index (χ4v) is 4.18. The first-order valence-electron chi connectivity index (χ1n) is 5.99. The molecule has 0 fully saturated rings. The van der Waals surface area contributed by atoms with Gasteiger partial charge in [-0.2, -0.15) is 0 Å². The van der Waals surface area contributed by atoms with Crippen molar-refractivity contribution >= 4 is 43.2 Å². The first-order valence-corrected chi connectivity index (χ1v) is 8.46. The molecule has 0 amide bonds. The second-order valence-corrected chi connectivity index (χ2v) is 6.63. The van der Waals surface area contributed by atoms with Gasteiger partial charge in [0.15, 0.2) is 0 Å². The van der Waals surface area contributed by atoms with Crippen LogP contribution in [-0.4, -0.2) is 13.7 Å². The lowest BCUT2D eigenvalue weighted by molar-refractivity contribution is 0.338. The highest BCUT2D eigenvalue weighted by molar-refractivity contribution is 9.10. The third-order valence-corrected chi connectivity index (χ3v) is 5.34. The molecule has 1 unspecified atom stereocenters. The number of ether oxygens (including phenoxy) is 1. The minimum atomic E-state index is 0.182. The zero-order valence-electron chi connectivity index (χ0n) is 10.7. The second kappa shape index (κ2) is 6.88. The van der Waals surface area contributed by atoms with E-state index in [4.69, 9.17) is 4.74 Å². The molecule has 1 heterocycles. The van der Waals surface area contributed by atoms with E-state index in [1.807, 2.05) is 20.0 Å². The highest BCUT2D eigenvalue weighted by Crippen LogP contribution is 2.35. The van der Waals surface area contributed by atoms with Gasteiger partial charge in [0.1, 0.15) is 5.75 Å². The number of hydrogen-bond acceptors (Lipinski definition) is 3. The number of nitrogens with one attached hydrogen (secondary N) is 1. The third kappa shape index (κ3) is 3.40. The molecule has 0 saturated heterocycles. The number of rotatable bonds is 5. The average molecular weight is 405 g/mol. The zero-order chi connectivity index (χ0) is 13.8. The molecular weight excluding hydrogens is 390 g/mol. The molecule has 2 aromatic rings. The molecule has 2 rings (SSSR count). The van der Waals surface area contributed by atoms with E-state index in [2.05, 4.69) is 60.8 Å². The topological polar surface area (TPSA) is 21.3 Å². The molecule has 0 aliphatic carbocycles. The van der Waals surface area contributed by atoms with E-state index in [1.165, 1.54) is 10.4 Å². The van der Waals surface area contributed by atoms with Crippen LogP contribution in [0, 0.1) is 0 Å². The summed E-state index contributed by atoms with van der Waals surface area (Å²) in [5, 5.41) is 5.45. The average Bonchev–Trinajstić information content (AvgIpc) is 2.80. The number of halogens is 2. The fourth-order valence-electron chi connectivity index (χ4n) is 1.93. The summed E-state index contributed by atoms with van der Waals surface area (Å²) in [6, 6.07) is 8.48. The normalized spacial score (nSPS) is 12.4. The summed E-state index contributed by atoms with van der Waals surface area (Å²) < 4.78 is 7.67. The quantitative estimate of drug-likeness (QED) is 0.758. The van der Waals surface area contributed by atoms with Crippen LogP contribution in [-0.2, 0) is 0 Å². The van der Waals surface area contributed by atoms with Gasteiger partial charge < -0.3 is 10.1 Å². The van der Waals surface area contributed by atoms with Crippen LogP contribution < -0.4 is 10.1 Å². The van der Waals surface area contributed by atoms with E-state index in [9.17, 15) is 0 Å². The lowest BCUT2D eigenvalue weighted by Crippen LogP contribution is -2.16. The molecule has 0 spiro atoms. The second-order valence-electron chi connectivity index (χ2n) is 3.98. The van der Waals surface area contributed by atoms with E-state index in [0.29, 0.717) is 6.61 Å². The van der Waals surface area contributed by atoms with E-state index in [0.717, 1.165) is 14.7 Å². The highest BCUT2D eigenvalue weighted by Gasteiger charge is 2.17. The van der Waals surface area contributed by atoms with Crippen LogP contribution >= 0.6 is 43.2 Å². The van der Waals surface area contributed by atoms with Crippen LogP contribution in [0.2, 0.25) is 0 Å². The molecule has 102 valence electrons. The smallest absolute Gasteiger partial charge is 0.133 e. The van der Waals surface area contributed by atoms with Gasteiger partial charge in [-0.15, -0.1) is 11.3 Å². The molecule has 0 aliphatic rings. The van der Waals surface area contributed by atoms with Gasteiger partial charge in [0.05, 0.1) is 17.1 Å². The summed E-state index contributed by atoms with van der Waals surface area (Å²) in [5.41, 5.74) is 1.21. The Kier molecular flexibility index (Phi) is 5.45. The molecule has 1 aromatic heterocycles. The van der Waals surface area contributed by atoms with Crippen LogP contribution in [0.15, 0.2) is 38.6 Å². The lowest BCUT2D eigenvalue weighted by atomic mass is 10.1. The molecule has 0 saturated carbocycles. The first-order chi connectivity index (χ1) is 9.17. The Morgan fingerprint density at radius 1 is 1.26 bits per heavy atom. The highest BCUT2D eigenvalue weighted by atomic mass is 79.9. The van der Waals surface area contributed by atoms with Gasteiger partial charge in [-0.05, 0) is 75.0 Å². The number of thiophene rings is 1. The van der Waals surface area contributed by atoms with Crippen molar-refractivity contribution in [2.24, 2.45) is 0 Å². The van der Waals surface area contributed by atoms with Crippen LogP contribution in [0.5, 0.6) is 5.75 Å². The Balaban J connectivity index is 2.34. The van der Waals surface area contributed by atoms with Crippen molar-refractivity contribution in [2.45, 2.75) is 13.0 Å². The fraction of sp³-hybridized carbons (Fsp3) is 0.286. The van der Waals surface area contributed by atoms with Crippen molar-refractivity contribution in [3.8, 4) is 5.75 Å².